The molecule has 0 fully saturated rings. The Balaban J connectivity index is 2.10. The molecule has 1 aromatic carbocycles. The van der Waals surface area contributed by atoms with Crippen LogP contribution < -0.4 is 5.32 Å². The van der Waals surface area contributed by atoms with Crippen LogP contribution in [0, 0.1) is 0 Å². The van der Waals surface area contributed by atoms with Gasteiger partial charge in [0.15, 0.2) is 9.84 Å². The summed E-state index contributed by atoms with van der Waals surface area (Å²) in [6.07, 6.45) is 2.44. The van der Waals surface area contributed by atoms with Crippen molar-refractivity contribution in [1.29, 1.82) is 0 Å². The average molecular weight is 325 g/mol. The number of carboxylic acids is 1. The average Bonchev–Trinajstić information content (AvgIpc) is 2.63. The number of carboxylic acid groups (broad SMARTS) is 1. The predicted octanol–water partition coefficient (Wildman–Crippen LogP) is 1.99. The lowest BCUT2D eigenvalue weighted by atomic mass is 10.1. The molecule has 1 heterocycles. The first-order valence-corrected chi connectivity index (χ1v) is 8.91. The standard InChI is InChI=1S/C15H19NO5S/c17-14-5-3-4-11-10-12(7-8-13(11)16-14)22(20,21)9-2-1-6-15(18)19/h7-8,10H,1-6,9H2,(H,16,17)(H,18,19). The minimum Gasteiger partial charge on any atom is -0.481 e. The number of nitrogens with one attached hydrogen (secondary N) is 1. The molecule has 0 saturated carbocycles. The van der Waals surface area contributed by atoms with Gasteiger partial charge in [0.2, 0.25) is 5.91 Å². The maximum absolute atomic E-state index is 12.3. The number of hydrogen-bond acceptors (Lipinski definition) is 4. The molecule has 0 bridgehead atoms. The lowest BCUT2D eigenvalue weighted by molar-refractivity contribution is -0.137. The van der Waals surface area contributed by atoms with E-state index < -0.39 is 15.8 Å². The van der Waals surface area contributed by atoms with Crippen LogP contribution in [0.25, 0.3) is 0 Å². The van der Waals surface area contributed by atoms with Gasteiger partial charge in [-0.25, -0.2) is 8.42 Å². The molecule has 7 heteroatoms. The molecule has 0 saturated heterocycles. The molecule has 0 aromatic heterocycles. The quantitative estimate of drug-likeness (QED) is 0.779. The van der Waals surface area contributed by atoms with E-state index in [4.69, 9.17) is 5.11 Å². The summed E-state index contributed by atoms with van der Waals surface area (Å²) in [5.74, 6) is -1.04. The van der Waals surface area contributed by atoms with Crippen molar-refractivity contribution in [2.75, 3.05) is 11.1 Å². The van der Waals surface area contributed by atoms with Gasteiger partial charge in [-0.15, -0.1) is 0 Å². The van der Waals surface area contributed by atoms with Crippen molar-refractivity contribution in [3.8, 4) is 0 Å². The molecule has 0 radical (unpaired) electrons. The number of anilines is 1. The molecule has 0 unspecified atom stereocenters. The van der Waals surface area contributed by atoms with Gasteiger partial charge in [-0.05, 0) is 49.4 Å². The van der Waals surface area contributed by atoms with Crippen molar-refractivity contribution < 1.29 is 23.1 Å². The van der Waals surface area contributed by atoms with E-state index in [1.807, 2.05) is 0 Å². The SMILES string of the molecule is O=C(O)CCCCS(=O)(=O)c1ccc2c(c1)CCCC(=O)N2. The van der Waals surface area contributed by atoms with E-state index in [2.05, 4.69) is 5.32 Å². The maximum atomic E-state index is 12.3. The van der Waals surface area contributed by atoms with Crippen molar-refractivity contribution in [2.45, 2.75) is 43.4 Å². The molecule has 22 heavy (non-hydrogen) atoms. The third-order valence-corrected chi connectivity index (χ3v) is 5.41. The van der Waals surface area contributed by atoms with Crippen LogP contribution in [-0.4, -0.2) is 31.2 Å². The second-order valence-electron chi connectivity index (χ2n) is 5.39. The molecular formula is C15H19NO5S. The van der Waals surface area contributed by atoms with Crippen LogP contribution in [0.15, 0.2) is 23.1 Å². The zero-order valence-corrected chi connectivity index (χ0v) is 13.0. The lowest BCUT2D eigenvalue weighted by Gasteiger charge is -2.10. The number of carbonyl (C=O) groups excluding carboxylic acids is 1. The van der Waals surface area contributed by atoms with E-state index in [1.54, 1.807) is 12.1 Å². The number of amides is 1. The van der Waals surface area contributed by atoms with Gasteiger partial charge in [0, 0.05) is 18.5 Å². The Morgan fingerprint density at radius 2 is 2.00 bits per heavy atom. The van der Waals surface area contributed by atoms with Crippen molar-refractivity contribution in [2.24, 2.45) is 0 Å². The first-order valence-electron chi connectivity index (χ1n) is 7.26. The Hall–Kier alpha value is -1.89. The van der Waals surface area contributed by atoms with Gasteiger partial charge in [-0.3, -0.25) is 9.59 Å². The van der Waals surface area contributed by atoms with Gasteiger partial charge in [-0.2, -0.15) is 0 Å². The van der Waals surface area contributed by atoms with Gasteiger partial charge in [-0.1, -0.05) is 0 Å². The van der Waals surface area contributed by atoms with Gasteiger partial charge < -0.3 is 10.4 Å². The molecule has 1 aliphatic heterocycles. The first-order chi connectivity index (χ1) is 10.4. The van der Waals surface area contributed by atoms with Crippen molar-refractivity contribution in [1.82, 2.24) is 0 Å². The summed E-state index contributed by atoms with van der Waals surface area (Å²) >= 11 is 0. The fourth-order valence-electron chi connectivity index (χ4n) is 2.43. The minimum absolute atomic E-state index is 0.0221. The molecule has 1 aliphatic rings. The Kier molecular flexibility index (Phi) is 5.18. The number of carbonyl (C=O) groups is 2. The highest BCUT2D eigenvalue weighted by Gasteiger charge is 2.18. The highest BCUT2D eigenvalue weighted by atomic mass is 32.2. The number of fused-ring (bicyclic) bond motifs is 1. The predicted molar refractivity (Wildman–Crippen MR) is 81.5 cm³/mol. The molecule has 1 amide bonds. The fraction of sp³-hybridized carbons (Fsp3) is 0.467. The Morgan fingerprint density at radius 3 is 2.73 bits per heavy atom. The third kappa shape index (κ3) is 4.30. The molecule has 0 aliphatic carbocycles. The minimum atomic E-state index is -3.42. The molecule has 6 nitrogen and oxygen atoms in total. The van der Waals surface area contributed by atoms with Crippen LogP contribution >= 0.6 is 0 Å². The maximum Gasteiger partial charge on any atom is 0.303 e. The lowest BCUT2D eigenvalue weighted by Crippen LogP contribution is -2.11. The van der Waals surface area contributed by atoms with Gasteiger partial charge in [0.1, 0.15) is 0 Å². The first kappa shape index (κ1) is 16.5. The van der Waals surface area contributed by atoms with E-state index >= 15 is 0 Å². The zero-order valence-electron chi connectivity index (χ0n) is 12.2. The topological polar surface area (TPSA) is 101 Å². The third-order valence-electron chi connectivity index (χ3n) is 3.61. The number of aryl methyl sites for hydroxylation is 1. The van der Waals surface area contributed by atoms with E-state index in [0.29, 0.717) is 37.8 Å². The second kappa shape index (κ2) is 6.91. The number of rotatable bonds is 6. The van der Waals surface area contributed by atoms with Crippen molar-refractivity contribution >= 4 is 27.4 Å². The second-order valence-corrected chi connectivity index (χ2v) is 7.50. The monoisotopic (exact) mass is 325 g/mol. The Bertz CT molecular complexity index is 681. The summed E-state index contributed by atoms with van der Waals surface area (Å²) in [5.41, 5.74) is 1.50. The number of aliphatic carboxylic acids is 1. The zero-order chi connectivity index (χ0) is 16.2. The van der Waals surface area contributed by atoms with Crippen LogP contribution in [0.3, 0.4) is 0 Å². The molecule has 0 spiro atoms. The highest BCUT2D eigenvalue weighted by molar-refractivity contribution is 7.91. The molecule has 2 N–H and O–H groups in total. The summed E-state index contributed by atoms with van der Waals surface area (Å²) in [6, 6.07) is 4.74. The Labute approximate surface area is 129 Å². The summed E-state index contributed by atoms with van der Waals surface area (Å²) in [7, 11) is -3.42. The number of hydrogen-bond donors (Lipinski definition) is 2. The van der Waals surface area contributed by atoms with E-state index in [0.717, 1.165) is 5.56 Å². The van der Waals surface area contributed by atoms with Gasteiger partial charge in [0.25, 0.3) is 0 Å². The smallest absolute Gasteiger partial charge is 0.303 e. The summed E-state index contributed by atoms with van der Waals surface area (Å²) in [4.78, 5) is 22.1. The molecule has 2 rings (SSSR count). The normalized spacial score (nSPS) is 14.8. The molecule has 0 atom stereocenters. The van der Waals surface area contributed by atoms with E-state index in [9.17, 15) is 18.0 Å². The molecule has 120 valence electrons. The fourth-order valence-corrected chi connectivity index (χ4v) is 3.85. The summed E-state index contributed by atoms with van der Waals surface area (Å²) in [6.45, 7) is 0. The largest absolute Gasteiger partial charge is 0.481 e. The Morgan fingerprint density at radius 1 is 1.23 bits per heavy atom. The van der Waals surface area contributed by atoms with E-state index in [1.165, 1.54) is 6.07 Å². The van der Waals surface area contributed by atoms with Crippen LogP contribution in [0.4, 0.5) is 5.69 Å². The number of unbranched alkanes of at least 4 members (excludes halogenated alkanes) is 1. The number of sulfone groups is 1. The van der Waals surface area contributed by atoms with Gasteiger partial charge in [0.05, 0.1) is 10.6 Å². The van der Waals surface area contributed by atoms with Crippen LogP contribution in [0.1, 0.15) is 37.7 Å². The van der Waals surface area contributed by atoms with E-state index in [-0.39, 0.29) is 23.0 Å². The highest BCUT2D eigenvalue weighted by Crippen LogP contribution is 2.26. The molecule has 1 aromatic rings. The van der Waals surface area contributed by atoms with Crippen molar-refractivity contribution in [3.63, 3.8) is 0 Å². The number of benzene rings is 1. The molecular weight excluding hydrogens is 306 g/mol. The van der Waals surface area contributed by atoms with Crippen molar-refractivity contribution in [3.05, 3.63) is 23.8 Å². The van der Waals surface area contributed by atoms with Crippen LogP contribution in [0.2, 0.25) is 0 Å². The van der Waals surface area contributed by atoms with Crippen LogP contribution in [0.5, 0.6) is 0 Å². The summed E-state index contributed by atoms with van der Waals surface area (Å²) < 4.78 is 24.6. The summed E-state index contributed by atoms with van der Waals surface area (Å²) in [5, 5.41) is 11.3. The van der Waals surface area contributed by atoms with Gasteiger partial charge >= 0.3 is 5.97 Å². The van der Waals surface area contributed by atoms with Crippen LogP contribution in [-0.2, 0) is 25.8 Å².